The minimum absolute atomic E-state index is 0.315. The molecule has 24 heavy (non-hydrogen) atoms. The number of hydrogen-bond donors (Lipinski definition) is 3. The highest BCUT2D eigenvalue weighted by Gasteiger charge is 2.28. The molecule has 0 fully saturated rings. The summed E-state index contributed by atoms with van der Waals surface area (Å²) in [7, 11) is 0. The molecule has 0 saturated heterocycles. The fourth-order valence-electron chi connectivity index (χ4n) is 2.37. The molecule has 134 valence electrons. The third-order valence-corrected chi connectivity index (χ3v) is 4.25. The number of nitriles is 2. The molecule has 0 atom stereocenters. The molecule has 3 N–H and O–H groups in total. The van der Waals surface area contributed by atoms with Gasteiger partial charge in [-0.05, 0) is 38.5 Å². The van der Waals surface area contributed by atoms with Gasteiger partial charge in [0, 0.05) is 10.8 Å². The van der Waals surface area contributed by atoms with Crippen molar-refractivity contribution in [1.29, 1.82) is 10.5 Å². The van der Waals surface area contributed by atoms with E-state index in [1.165, 1.54) is 0 Å². The van der Waals surface area contributed by atoms with Crippen molar-refractivity contribution in [2.24, 2.45) is 10.8 Å². The van der Waals surface area contributed by atoms with Gasteiger partial charge in [-0.2, -0.15) is 10.5 Å². The predicted octanol–water partition coefficient (Wildman–Crippen LogP) is 1.93. The fourth-order valence-corrected chi connectivity index (χ4v) is 2.37. The van der Waals surface area contributed by atoms with Gasteiger partial charge in [0.25, 0.3) is 0 Å². The molecule has 0 rings (SSSR count). The number of carbonyl (C=O) groups excluding carboxylic acids is 2. The normalized spacial score (nSPS) is 11.5. The average molecular weight is 336 g/mol. The molecule has 0 aromatic rings. The second-order valence-electron chi connectivity index (χ2n) is 7.34. The molecule has 0 aliphatic carbocycles. The Kier molecular flexibility index (Phi) is 9.02. The minimum atomic E-state index is -0.646. The molecule has 0 saturated carbocycles. The van der Waals surface area contributed by atoms with E-state index >= 15 is 0 Å². The van der Waals surface area contributed by atoms with Crippen LogP contribution in [-0.4, -0.2) is 23.0 Å². The molecule has 7 heteroatoms. The van der Waals surface area contributed by atoms with Gasteiger partial charge in [-0.15, -0.1) is 0 Å². The van der Waals surface area contributed by atoms with E-state index in [-0.39, 0.29) is 11.8 Å². The lowest BCUT2D eigenvalue weighted by molar-refractivity contribution is -0.129. The van der Waals surface area contributed by atoms with Crippen LogP contribution in [0.3, 0.4) is 0 Å². The van der Waals surface area contributed by atoms with Crippen LogP contribution >= 0.6 is 0 Å². The average Bonchev–Trinajstić information content (AvgIpc) is 2.47. The van der Waals surface area contributed by atoms with E-state index in [2.05, 4.69) is 10.6 Å². The molecule has 7 nitrogen and oxygen atoms in total. The zero-order valence-corrected chi connectivity index (χ0v) is 15.0. The summed E-state index contributed by atoms with van der Waals surface area (Å²) in [6, 6.07) is 0. The van der Waals surface area contributed by atoms with Crippen molar-refractivity contribution in [1.82, 2.24) is 10.6 Å². The number of aliphatic hydroxyl groups excluding tert-OH is 1. The van der Waals surface area contributed by atoms with Crippen LogP contribution in [0.1, 0.15) is 66.2 Å². The quantitative estimate of drug-likeness (QED) is 0.415. The standard InChI is InChI=1S/C17H28N4O3/c1-16(2,14(23)20-11-18)9-5-7-13(22)8-6-10-17(3,4)15(24)21-12-19/h13,22H,5-10H2,1-4H3,(H,20,23)(H,21,24). The van der Waals surface area contributed by atoms with Crippen LogP contribution in [-0.2, 0) is 9.59 Å². The van der Waals surface area contributed by atoms with Crippen LogP contribution in [0.4, 0.5) is 0 Å². The van der Waals surface area contributed by atoms with Gasteiger partial charge in [0.15, 0.2) is 12.4 Å². The van der Waals surface area contributed by atoms with Gasteiger partial charge in [-0.1, -0.05) is 27.7 Å². The first-order valence-electron chi connectivity index (χ1n) is 8.14. The first-order chi connectivity index (χ1) is 11.1. The van der Waals surface area contributed by atoms with E-state index in [0.29, 0.717) is 38.5 Å². The van der Waals surface area contributed by atoms with E-state index in [0.717, 1.165) is 0 Å². The largest absolute Gasteiger partial charge is 0.393 e. The Bertz CT molecular complexity index is 469. The highest BCUT2D eigenvalue weighted by Crippen LogP contribution is 2.26. The summed E-state index contributed by atoms with van der Waals surface area (Å²) < 4.78 is 0. The van der Waals surface area contributed by atoms with Crippen LogP contribution in [0, 0.1) is 33.7 Å². The second kappa shape index (κ2) is 9.89. The summed E-state index contributed by atoms with van der Waals surface area (Å²) in [6.45, 7) is 7.07. The molecule has 0 heterocycles. The van der Waals surface area contributed by atoms with Crippen molar-refractivity contribution in [3.05, 3.63) is 0 Å². The fraction of sp³-hybridized carbons (Fsp3) is 0.765. The first-order valence-corrected chi connectivity index (χ1v) is 8.14. The lowest BCUT2D eigenvalue weighted by atomic mass is 9.84. The zero-order chi connectivity index (χ0) is 18.8. The van der Waals surface area contributed by atoms with E-state index in [4.69, 9.17) is 10.5 Å². The van der Waals surface area contributed by atoms with Crippen molar-refractivity contribution in [2.45, 2.75) is 72.3 Å². The summed E-state index contributed by atoms with van der Waals surface area (Å²) in [4.78, 5) is 23.4. The number of rotatable bonds is 10. The maximum Gasteiger partial charge on any atom is 0.238 e. The van der Waals surface area contributed by atoms with E-state index in [1.54, 1.807) is 40.1 Å². The van der Waals surface area contributed by atoms with Crippen molar-refractivity contribution in [3.63, 3.8) is 0 Å². The Morgan fingerprint density at radius 2 is 1.25 bits per heavy atom. The summed E-state index contributed by atoms with van der Waals surface area (Å²) in [5, 5.41) is 31.3. The van der Waals surface area contributed by atoms with Crippen LogP contribution in [0.15, 0.2) is 0 Å². The number of nitrogens with zero attached hydrogens (tertiary/aromatic N) is 2. The van der Waals surface area contributed by atoms with Gasteiger partial charge in [-0.3, -0.25) is 20.2 Å². The van der Waals surface area contributed by atoms with Gasteiger partial charge in [-0.25, -0.2) is 0 Å². The Hall–Kier alpha value is -2.12. The molecule has 0 spiro atoms. The van der Waals surface area contributed by atoms with Crippen molar-refractivity contribution in [2.75, 3.05) is 0 Å². The highest BCUT2D eigenvalue weighted by molar-refractivity contribution is 5.83. The lowest BCUT2D eigenvalue weighted by Crippen LogP contribution is -2.34. The molecule has 0 aromatic heterocycles. The van der Waals surface area contributed by atoms with Crippen LogP contribution in [0.2, 0.25) is 0 Å². The Morgan fingerprint density at radius 3 is 1.54 bits per heavy atom. The van der Waals surface area contributed by atoms with Crippen LogP contribution < -0.4 is 10.6 Å². The molecule has 0 aliphatic rings. The smallest absolute Gasteiger partial charge is 0.238 e. The van der Waals surface area contributed by atoms with Gasteiger partial charge < -0.3 is 5.11 Å². The summed E-state index contributed by atoms with van der Waals surface area (Å²) in [6.07, 6.45) is 6.40. The summed E-state index contributed by atoms with van der Waals surface area (Å²) in [5.74, 6) is -0.630. The summed E-state index contributed by atoms with van der Waals surface area (Å²) >= 11 is 0. The molecule has 0 unspecified atom stereocenters. The first kappa shape index (κ1) is 21.9. The summed E-state index contributed by atoms with van der Waals surface area (Å²) in [5.41, 5.74) is -1.29. The van der Waals surface area contributed by atoms with Gasteiger partial charge in [0.2, 0.25) is 11.8 Å². The Morgan fingerprint density at radius 1 is 0.917 bits per heavy atom. The molecule has 2 amide bonds. The topological polar surface area (TPSA) is 126 Å². The van der Waals surface area contributed by atoms with Gasteiger partial charge in [0.1, 0.15) is 0 Å². The Balaban J connectivity index is 4.10. The molecule has 0 bridgehead atoms. The number of hydrogen-bond acceptors (Lipinski definition) is 5. The zero-order valence-electron chi connectivity index (χ0n) is 15.0. The minimum Gasteiger partial charge on any atom is -0.393 e. The van der Waals surface area contributed by atoms with E-state index < -0.39 is 16.9 Å². The van der Waals surface area contributed by atoms with E-state index in [1.807, 2.05) is 0 Å². The van der Waals surface area contributed by atoms with Gasteiger partial charge >= 0.3 is 0 Å². The molecular formula is C17H28N4O3. The third-order valence-electron chi connectivity index (χ3n) is 4.25. The Labute approximate surface area is 144 Å². The third kappa shape index (κ3) is 7.94. The second-order valence-corrected chi connectivity index (χ2v) is 7.34. The number of amides is 2. The van der Waals surface area contributed by atoms with Crippen LogP contribution in [0.25, 0.3) is 0 Å². The van der Waals surface area contributed by atoms with E-state index in [9.17, 15) is 14.7 Å². The van der Waals surface area contributed by atoms with Crippen LogP contribution in [0.5, 0.6) is 0 Å². The molecule has 0 aliphatic heterocycles. The molecule has 0 aromatic carbocycles. The van der Waals surface area contributed by atoms with Crippen molar-refractivity contribution in [3.8, 4) is 12.4 Å². The number of nitrogens with one attached hydrogen (secondary N) is 2. The highest BCUT2D eigenvalue weighted by atomic mass is 16.3. The van der Waals surface area contributed by atoms with Gasteiger partial charge in [0.05, 0.1) is 6.10 Å². The SMILES string of the molecule is CC(C)(CCCC(O)CCCC(C)(C)C(=O)NC#N)C(=O)NC#N. The number of aliphatic hydroxyl groups is 1. The lowest BCUT2D eigenvalue weighted by Gasteiger charge is -2.23. The monoisotopic (exact) mass is 336 g/mol. The van der Waals surface area contributed by atoms with Crippen molar-refractivity contribution >= 4 is 11.8 Å². The molecular weight excluding hydrogens is 308 g/mol. The number of carbonyl (C=O) groups is 2. The maximum atomic E-state index is 11.7. The van der Waals surface area contributed by atoms with Crippen molar-refractivity contribution < 1.29 is 14.7 Å². The maximum absolute atomic E-state index is 11.7. The molecule has 0 radical (unpaired) electrons. The predicted molar refractivity (Wildman–Crippen MR) is 88.8 cm³/mol.